The molecule has 23 heavy (non-hydrogen) atoms. The van der Waals surface area contributed by atoms with Crippen LogP contribution in [0.1, 0.15) is 29.9 Å². The molecule has 118 valence electrons. The molecule has 0 bridgehead atoms. The fourth-order valence-electron chi connectivity index (χ4n) is 2.55. The Morgan fingerprint density at radius 2 is 1.70 bits per heavy atom. The molecule has 0 aliphatic heterocycles. The minimum absolute atomic E-state index is 0.176. The van der Waals surface area contributed by atoms with Gasteiger partial charge in [0.05, 0.1) is 11.8 Å². The van der Waals surface area contributed by atoms with Gasteiger partial charge in [-0.25, -0.2) is 0 Å². The van der Waals surface area contributed by atoms with Gasteiger partial charge in [-0.05, 0) is 30.3 Å². The molecule has 0 unspecified atom stereocenters. The molecule has 1 aromatic heterocycles. The van der Waals surface area contributed by atoms with Crippen molar-refractivity contribution in [3.8, 4) is 0 Å². The molecule has 3 nitrogen and oxygen atoms in total. The number of benzene rings is 2. The van der Waals surface area contributed by atoms with Gasteiger partial charge in [-0.3, -0.25) is 9.67 Å². The minimum Gasteiger partial charge on any atom is -0.296 e. The average Bonchev–Trinajstić information content (AvgIpc) is 2.97. The lowest BCUT2D eigenvalue weighted by Crippen LogP contribution is -2.10. The van der Waals surface area contributed by atoms with Crippen LogP contribution in [0.25, 0.3) is 0 Å². The van der Waals surface area contributed by atoms with Crippen LogP contribution < -0.4 is 0 Å². The zero-order valence-electron chi connectivity index (χ0n) is 13.0. The summed E-state index contributed by atoms with van der Waals surface area (Å²) in [6.45, 7) is 2.16. The Labute approximate surface area is 145 Å². The topological polar surface area (TPSA) is 33.6 Å². The second-order valence-electron chi connectivity index (χ2n) is 5.38. The van der Waals surface area contributed by atoms with Crippen molar-refractivity contribution in [2.75, 3.05) is 0 Å². The summed E-state index contributed by atoms with van der Waals surface area (Å²) in [5.41, 5.74) is 2.56. The van der Waals surface area contributed by atoms with Crippen LogP contribution >= 0.6 is 24.0 Å². The fourth-order valence-corrected chi connectivity index (χ4v) is 3.78. The van der Waals surface area contributed by atoms with Gasteiger partial charge < -0.3 is 0 Å². The molecule has 3 aromatic rings. The van der Waals surface area contributed by atoms with Crippen LogP contribution in [0, 0.1) is 4.77 Å². The fraction of sp³-hybridized carbons (Fsp3) is 0.222. The van der Waals surface area contributed by atoms with Gasteiger partial charge >= 0.3 is 0 Å². The van der Waals surface area contributed by atoms with E-state index in [1.54, 1.807) is 0 Å². The molecule has 0 aliphatic carbocycles. The monoisotopic (exact) mass is 341 g/mol. The van der Waals surface area contributed by atoms with E-state index in [0.717, 1.165) is 17.3 Å². The second-order valence-corrected chi connectivity index (χ2v) is 6.75. The van der Waals surface area contributed by atoms with Crippen molar-refractivity contribution in [2.24, 2.45) is 0 Å². The summed E-state index contributed by atoms with van der Waals surface area (Å²) in [7, 11) is 0. The maximum atomic E-state index is 5.43. The normalized spacial score (nSPS) is 12.2. The average molecular weight is 342 g/mol. The molecule has 5 heteroatoms. The van der Waals surface area contributed by atoms with Crippen LogP contribution in [0.5, 0.6) is 0 Å². The largest absolute Gasteiger partial charge is 0.296 e. The molecular weight excluding hydrogens is 322 g/mol. The molecule has 3 rings (SSSR count). The number of H-pyrrole nitrogens is 1. The molecule has 0 amide bonds. The Morgan fingerprint density at radius 1 is 1.04 bits per heavy atom. The highest BCUT2D eigenvalue weighted by molar-refractivity contribution is 7.97. The van der Waals surface area contributed by atoms with Crippen molar-refractivity contribution in [2.45, 2.75) is 24.5 Å². The zero-order chi connectivity index (χ0) is 16.1. The summed E-state index contributed by atoms with van der Waals surface area (Å²) in [5.74, 6) is 2.80. The third-order valence-electron chi connectivity index (χ3n) is 3.79. The number of hydrogen-bond donors (Lipinski definition) is 1. The van der Waals surface area contributed by atoms with Crippen LogP contribution in [0.3, 0.4) is 0 Å². The number of thioether (sulfide) groups is 1. The molecule has 2 aromatic carbocycles. The molecule has 0 saturated heterocycles. The predicted molar refractivity (Wildman–Crippen MR) is 99.1 cm³/mol. The number of nitrogens with zero attached hydrogens (tertiary/aromatic N) is 2. The van der Waals surface area contributed by atoms with E-state index in [9.17, 15) is 0 Å². The van der Waals surface area contributed by atoms with Crippen LogP contribution in [-0.4, -0.2) is 14.8 Å². The standard InChI is InChI=1S/C18H19N3S2/c1-14(16-10-6-3-7-11-16)21-17(19-20-18(21)22)13-23-12-15-8-4-2-5-9-15/h2-11,14H,12-13H2,1H3,(H,20,22)/t14-/m1/s1. The molecule has 1 heterocycles. The second kappa shape index (κ2) is 7.62. The van der Waals surface area contributed by atoms with Crippen molar-refractivity contribution < 1.29 is 0 Å². The van der Waals surface area contributed by atoms with Gasteiger partial charge in [0.2, 0.25) is 0 Å². The van der Waals surface area contributed by atoms with Gasteiger partial charge in [-0.15, -0.1) is 11.8 Å². The molecule has 0 saturated carbocycles. The number of rotatable bonds is 6. The Balaban J connectivity index is 1.73. The van der Waals surface area contributed by atoms with Crippen molar-refractivity contribution in [1.82, 2.24) is 14.8 Å². The highest BCUT2D eigenvalue weighted by Crippen LogP contribution is 2.23. The van der Waals surface area contributed by atoms with Crippen LogP contribution in [0.4, 0.5) is 0 Å². The van der Waals surface area contributed by atoms with E-state index in [1.807, 2.05) is 23.9 Å². The van der Waals surface area contributed by atoms with E-state index >= 15 is 0 Å². The van der Waals surface area contributed by atoms with Crippen molar-refractivity contribution >= 4 is 24.0 Å². The highest BCUT2D eigenvalue weighted by Gasteiger charge is 2.14. The van der Waals surface area contributed by atoms with Crippen molar-refractivity contribution in [3.63, 3.8) is 0 Å². The first-order valence-corrected chi connectivity index (χ1v) is 9.14. The van der Waals surface area contributed by atoms with E-state index in [1.165, 1.54) is 11.1 Å². The van der Waals surface area contributed by atoms with Crippen LogP contribution in [0.2, 0.25) is 0 Å². The van der Waals surface area contributed by atoms with Gasteiger partial charge in [-0.2, -0.15) is 5.10 Å². The van der Waals surface area contributed by atoms with Gasteiger partial charge in [-0.1, -0.05) is 60.7 Å². The third kappa shape index (κ3) is 3.92. The zero-order valence-corrected chi connectivity index (χ0v) is 14.6. The van der Waals surface area contributed by atoms with Crippen molar-refractivity contribution in [1.29, 1.82) is 0 Å². The van der Waals surface area contributed by atoms with E-state index in [2.05, 4.69) is 70.2 Å². The summed E-state index contributed by atoms with van der Waals surface area (Å²) in [5, 5.41) is 7.36. The Bertz CT molecular complexity index is 794. The lowest BCUT2D eigenvalue weighted by atomic mass is 10.1. The molecule has 0 fully saturated rings. The third-order valence-corrected chi connectivity index (χ3v) is 5.08. The SMILES string of the molecule is C[C@H](c1ccccc1)n1c(CSCc2ccccc2)n[nH]c1=S. The van der Waals surface area contributed by atoms with Gasteiger partial charge in [0, 0.05) is 5.75 Å². The number of nitrogens with one attached hydrogen (secondary N) is 1. The highest BCUT2D eigenvalue weighted by atomic mass is 32.2. The molecule has 0 spiro atoms. The number of hydrogen-bond acceptors (Lipinski definition) is 3. The molecule has 0 aliphatic rings. The summed E-state index contributed by atoms with van der Waals surface area (Å²) in [4.78, 5) is 0. The Morgan fingerprint density at radius 3 is 2.39 bits per heavy atom. The molecular formula is C18H19N3S2. The molecule has 1 atom stereocenters. The van der Waals surface area contributed by atoms with Crippen LogP contribution in [0.15, 0.2) is 60.7 Å². The maximum absolute atomic E-state index is 5.43. The summed E-state index contributed by atoms with van der Waals surface area (Å²) in [6.07, 6.45) is 0. The van der Waals surface area contributed by atoms with Gasteiger partial charge in [0.15, 0.2) is 4.77 Å². The Hall–Kier alpha value is -1.85. The Kier molecular flexibility index (Phi) is 5.31. The van der Waals surface area contributed by atoms with E-state index in [-0.39, 0.29) is 6.04 Å². The van der Waals surface area contributed by atoms with Crippen molar-refractivity contribution in [3.05, 3.63) is 82.4 Å². The number of aromatic amines is 1. The molecule has 0 radical (unpaired) electrons. The first-order chi connectivity index (χ1) is 11.3. The van der Waals surface area contributed by atoms with Crippen LogP contribution in [-0.2, 0) is 11.5 Å². The first-order valence-electron chi connectivity index (χ1n) is 7.58. The number of aromatic nitrogens is 3. The first kappa shape index (κ1) is 16.0. The lowest BCUT2D eigenvalue weighted by molar-refractivity contribution is 0.608. The summed E-state index contributed by atoms with van der Waals surface area (Å²) < 4.78 is 2.79. The smallest absolute Gasteiger partial charge is 0.195 e. The lowest BCUT2D eigenvalue weighted by Gasteiger charge is -2.16. The van der Waals surface area contributed by atoms with E-state index < -0.39 is 0 Å². The molecule has 1 N–H and O–H groups in total. The minimum atomic E-state index is 0.176. The van der Waals surface area contributed by atoms with Gasteiger partial charge in [0.25, 0.3) is 0 Å². The predicted octanol–water partition coefficient (Wildman–Crippen LogP) is 4.98. The maximum Gasteiger partial charge on any atom is 0.195 e. The summed E-state index contributed by atoms with van der Waals surface area (Å²) in [6, 6.07) is 21.1. The quantitative estimate of drug-likeness (QED) is 0.642. The van der Waals surface area contributed by atoms with E-state index in [0.29, 0.717) is 4.77 Å². The van der Waals surface area contributed by atoms with Gasteiger partial charge in [0.1, 0.15) is 5.82 Å². The van der Waals surface area contributed by atoms with E-state index in [4.69, 9.17) is 12.2 Å². The summed E-state index contributed by atoms with van der Waals surface area (Å²) >= 11 is 7.28.